The number of hydrogen-bond donors (Lipinski definition) is 1. The molecule has 4 unspecified atom stereocenters. The molecule has 0 radical (unpaired) electrons. The zero-order chi connectivity index (χ0) is 14.5. The lowest BCUT2D eigenvalue weighted by molar-refractivity contribution is -0.0963. The molecule has 0 heterocycles. The van der Waals surface area contributed by atoms with Crippen molar-refractivity contribution < 1.29 is 5.11 Å². The summed E-state index contributed by atoms with van der Waals surface area (Å²) in [5, 5.41) is 11.3. The lowest BCUT2D eigenvalue weighted by Crippen LogP contribution is -2.46. The molecule has 1 aliphatic carbocycles. The quantitative estimate of drug-likeness (QED) is 0.654. The summed E-state index contributed by atoms with van der Waals surface area (Å²) in [6.45, 7) is 11.5. The molecule has 0 aromatic carbocycles. The van der Waals surface area contributed by atoms with Gasteiger partial charge >= 0.3 is 0 Å². The summed E-state index contributed by atoms with van der Waals surface area (Å²) in [6.07, 6.45) is 9.71. The van der Waals surface area contributed by atoms with Crippen molar-refractivity contribution >= 4 is 0 Å². The van der Waals surface area contributed by atoms with Gasteiger partial charge in [0.1, 0.15) is 0 Å². The Balaban J connectivity index is 2.71. The third-order valence-corrected chi connectivity index (χ3v) is 5.35. The molecule has 19 heavy (non-hydrogen) atoms. The molecule has 1 N–H and O–H groups in total. The number of rotatable bonds is 7. The number of aliphatic hydroxyl groups is 1. The Hall–Kier alpha value is -0.0400. The SMILES string of the molecule is CCCCC(CC)CC1(O)CC(C)CCC1C(C)C. The van der Waals surface area contributed by atoms with E-state index in [-0.39, 0.29) is 5.60 Å². The zero-order valence-corrected chi connectivity index (χ0v) is 13.9. The average Bonchev–Trinajstić information content (AvgIpc) is 2.33. The zero-order valence-electron chi connectivity index (χ0n) is 13.9. The van der Waals surface area contributed by atoms with Crippen molar-refractivity contribution in [2.75, 3.05) is 0 Å². The van der Waals surface area contributed by atoms with Crippen molar-refractivity contribution in [2.24, 2.45) is 23.7 Å². The van der Waals surface area contributed by atoms with Gasteiger partial charge in [0.25, 0.3) is 0 Å². The monoisotopic (exact) mass is 268 g/mol. The van der Waals surface area contributed by atoms with Crippen LogP contribution in [0.25, 0.3) is 0 Å². The molecule has 1 saturated carbocycles. The highest BCUT2D eigenvalue weighted by Gasteiger charge is 2.43. The topological polar surface area (TPSA) is 20.2 Å². The van der Waals surface area contributed by atoms with E-state index < -0.39 is 0 Å². The molecule has 4 atom stereocenters. The molecule has 1 nitrogen and oxygen atoms in total. The van der Waals surface area contributed by atoms with Crippen LogP contribution in [0.2, 0.25) is 0 Å². The Morgan fingerprint density at radius 1 is 1.21 bits per heavy atom. The van der Waals surface area contributed by atoms with Crippen LogP contribution in [-0.4, -0.2) is 10.7 Å². The van der Waals surface area contributed by atoms with Gasteiger partial charge in [0.15, 0.2) is 0 Å². The highest BCUT2D eigenvalue weighted by molar-refractivity contribution is 4.94. The minimum atomic E-state index is -0.389. The normalized spacial score (nSPS) is 33.6. The molecule has 0 spiro atoms. The molecule has 114 valence electrons. The van der Waals surface area contributed by atoms with Gasteiger partial charge in [0, 0.05) is 0 Å². The van der Waals surface area contributed by atoms with E-state index in [4.69, 9.17) is 0 Å². The summed E-state index contributed by atoms with van der Waals surface area (Å²) in [5.41, 5.74) is -0.389. The molecule has 0 saturated heterocycles. The molecule has 1 aliphatic rings. The Morgan fingerprint density at radius 3 is 2.42 bits per heavy atom. The summed E-state index contributed by atoms with van der Waals surface area (Å²) >= 11 is 0. The summed E-state index contributed by atoms with van der Waals surface area (Å²) in [7, 11) is 0. The van der Waals surface area contributed by atoms with E-state index in [1.54, 1.807) is 0 Å². The van der Waals surface area contributed by atoms with E-state index in [0.29, 0.717) is 17.8 Å². The minimum Gasteiger partial charge on any atom is -0.390 e. The number of hydrogen-bond acceptors (Lipinski definition) is 1. The maximum atomic E-state index is 11.3. The Kier molecular flexibility index (Phi) is 6.86. The van der Waals surface area contributed by atoms with Crippen LogP contribution in [0.1, 0.15) is 86.0 Å². The molecule has 0 bridgehead atoms. The fraction of sp³-hybridized carbons (Fsp3) is 1.00. The first-order valence-corrected chi connectivity index (χ1v) is 8.65. The second-order valence-electron chi connectivity index (χ2n) is 7.46. The number of unbranched alkanes of at least 4 members (excludes halogenated alkanes) is 1. The molecular weight excluding hydrogens is 232 g/mol. The molecule has 0 aromatic heterocycles. The largest absolute Gasteiger partial charge is 0.390 e. The van der Waals surface area contributed by atoms with E-state index in [1.165, 1.54) is 38.5 Å². The summed E-state index contributed by atoms with van der Waals surface area (Å²) in [5.74, 6) is 2.54. The van der Waals surface area contributed by atoms with Gasteiger partial charge in [-0.2, -0.15) is 0 Å². The second kappa shape index (κ2) is 7.67. The summed E-state index contributed by atoms with van der Waals surface area (Å²) in [4.78, 5) is 0. The van der Waals surface area contributed by atoms with Gasteiger partial charge in [-0.15, -0.1) is 0 Å². The van der Waals surface area contributed by atoms with Crippen LogP contribution in [0.5, 0.6) is 0 Å². The smallest absolute Gasteiger partial charge is 0.0683 e. The highest BCUT2D eigenvalue weighted by atomic mass is 16.3. The molecule has 0 amide bonds. The highest BCUT2D eigenvalue weighted by Crippen LogP contribution is 2.45. The lowest BCUT2D eigenvalue weighted by atomic mass is 9.63. The standard InChI is InChI=1S/C18H36O/c1-6-8-9-16(7-2)13-18(19)12-15(5)10-11-17(18)14(3)4/h14-17,19H,6-13H2,1-5H3. The Labute approximate surface area is 121 Å². The van der Waals surface area contributed by atoms with Crippen LogP contribution >= 0.6 is 0 Å². The van der Waals surface area contributed by atoms with Crippen molar-refractivity contribution in [1.82, 2.24) is 0 Å². The van der Waals surface area contributed by atoms with E-state index in [2.05, 4.69) is 34.6 Å². The lowest BCUT2D eigenvalue weighted by Gasteiger charge is -2.46. The van der Waals surface area contributed by atoms with Gasteiger partial charge < -0.3 is 5.11 Å². The Morgan fingerprint density at radius 2 is 1.89 bits per heavy atom. The molecular formula is C18H36O. The van der Waals surface area contributed by atoms with E-state index in [1.807, 2.05) is 0 Å². The molecule has 1 rings (SSSR count). The van der Waals surface area contributed by atoms with E-state index >= 15 is 0 Å². The molecule has 0 aliphatic heterocycles. The van der Waals surface area contributed by atoms with Crippen LogP contribution in [0.15, 0.2) is 0 Å². The Bertz CT molecular complexity index is 248. The van der Waals surface area contributed by atoms with Crippen LogP contribution in [0, 0.1) is 23.7 Å². The van der Waals surface area contributed by atoms with E-state index in [0.717, 1.165) is 18.8 Å². The van der Waals surface area contributed by atoms with E-state index in [9.17, 15) is 5.11 Å². The first kappa shape index (κ1) is 17.0. The van der Waals surface area contributed by atoms with Gasteiger partial charge in [-0.25, -0.2) is 0 Å². The second-order valence-corrected chi connectivity index (χ2v) is 7.46. The first-order chi connectivity index (χ1) is 8.92. The van der Waals surface area contributed by atoms with Crippen LogP contribution in [-0.2, 0) is 0 Å². The third-order valence-electron chi connectivity index (χ3n) is 5.35. The fourth-order valence-corrected chi connectivity index (χ4v) is 4.22. The first-order valence-electron chi connectivity index (χ1n) is 8.65. The van der Waals surface area contributed by atoms with Gasteiger partial charge in [-0.3, -0.25) is 0 Å². The predicted octanol–water partition coefficient (Wildman–Crippen LogP) is 5.42. The van der Waals surface area contributed by atoms with Gasteiger partial charge in [-0.05, 0) is 42.9 Å². The van der Waals surface area contributed by atoms with Crippen molar-refractivity contribution in [3.63, 3.8) is 0 Å². The minimum absolute atomic E-state index is 0.389. The van der Waals surface area contributed by atoms with Crippen LogP contribution < -0.4 is 0 Å². The third kappa shape index (κ3) is 4.77. The molecule has 1 fully saturated rings. The summed E-state index contributed by atoms with van der Waals surface area (Å²) in [6, 6.07) is 0. The van der Waals surface area contributed by atoms with Crippen molar-refractivity contribution in [2.45, 2.75) is 91.6 Å². The van der Waals surface area contributed by atoms with Crippen LogP contribution in [0.4, 0.5) is 0 Å². The molecule has 0 aromatic rings. The predicted molar refractivity (Wildman–Crippen MR) is 84.2 cm³/mol. The van der Waals surface area contributed by atoms with Crippen molar-refractivity contribution in [1.29, 1.82) is 0 Å². The summed E-state index contributed by atoms with van der Waals surface area (Å²) < 4.78 is 0. The maximum Gasteiger partial charge on any atom is 0.0683 e. The maximum absolute atomic E-state index is 11.3. The van der Waals surface area contributed by atoms with Crippen molar-refractivity contribution in [3.05, 3.63) is 0 Å². The van der Waals surface area contributed by atoms with Gasteiger partial charge in [0.05, 0.1) is 5.60 Å². The van der Waals surface area contributed by atoms with Gasteiger partial charge in [0.2, 0.25) is 0 Å². The van der Waals surface area contributed by atoms with Crippen LogP contribution in [0.3, 0.4) is 0 Å². The molecule has 1 heteroatoms. The average molecular weight is 268 g/mol. The van der Waals surface area contributed by atoms with Gasteiger partial charge in [-0.1, -0.05) is 66.7 Å². The fourth-order valence-electron chi connectivity index (χ4n) is 4.22. The van der Waals surface area contributed by atoms with Crippen molar-refractivity contribution in [3.8, 4) is 0 Å².